The third-order valence-electron chi connectivity index (χ3n) is 3.55. The molecule has 0 radical (unpaired) electrons. The Kier molecular flexibility index (Phi) is 6.55. The topological polar surface area (TPSA) is 52.7 Å². The minimum absolute atomic E-state index is 0.270. The van der Waals surface area contributed by atoms with Crippen LogP contribution in [0.3, 0.4) is 0 Å². The van der Waals surface area contributed by atoms with Crippen LogP contribution in [0.5, 0.6) is 0 Å². The lowest BCUT2D eigenvalue weighted by atomic mass is 10.1. The minimum Gasteiger partial charge on any atom is -0.317 e. The van der Waals surface area contributed by atoms with Crippen LogP contribution in [0.15, 0.2) is 0 Å². The van der Waals surface area contributed by atoms with Crippen molar-refractivity contribution in [3.05, 3.63) is 0 Å². The Morgan fingerprint density at radius 1 is 1.28 bits per heavy atom. The van der Waals surface area contributed by atoms with Crippen LogP contribution in [0.25, 0.3) is 0 Å². The molecule has 0 aromatic heterocycles. The average molecular weight is 277 g/mol. The van der Waals surface area contributed by atoms with E-state index in [1.165, 1.54) is 0 Å². The SMILES string of the molecule is CCNCCCS(=O)(=O)N1CCC(N(C)C)CC1. The Balaban J connectivity index is 2.36. The Morgan fingerprint density at radius 2 is 1.89 bits per heavy atom. The zero-order chi connectivity index (χ0) is 13.6. The number of nitrogens with zero attached hydrogens (tertiary/aromatic N) is 2. The first kappa shape index (κ1) is 15.9. The molecule has 108 valence electrons. The van der Waals surface area contributed by atoms with Crippen molar-refractivity contribution >= 4 is 10.0 Å². The fraction of sp³-hybridized carbons (Fsp3) is 1.00. The van der Waals surface area contributed by atoms with Gasteiger partial charge in [-0.2, -0.15) is 0 Å². The molecule has 0 spiro atoms. The lowest BCUT2D eigenvalue weighted by molar-refractivity contribution is 0.196. The van der Waals surface area contributed by atoms with Gasteiger partial charge in [-0.15, -0.1) is 0 Å². The highest BCUT2D eigenvalue weighted by Crippen LogP contribution is 2.17. The van der Waals surface area contributed by atoms with Crippen molar-refractivity contribution in [2.75, 3.05) is 46.0 Å². The van der Waals surface area contributed by atoms with E-state index in [0.717, 1.165) is 25.9 Å². The van der Waals surface area contributed by atoms with E-state index in [0.29, 0.717) is 25.6 Å². The molecule has 1 saturated heterocycles. The van der Waals surface area contributed by atoms with Gasteiger partial charge in [0.2, 0.25) is 10.0 Å². The van der Waals surface area contributed by atoms with Crippen molar-refractivity contribution in [2.45, 2.75) is 32.2 Å². The molecule has 0 bridgehead atoms. The third kappa shape index (κ3) is 4.84. The van der Waals surface area contributed by atoms with Gasteiger partial charge in [-0.05, 0) is 46.4 Å². The van der Waals surface area contributed by atoms with E-state index in [2.05, 4.69) is 24.3 Å². The van der Waals surface area contributed by atoms with Crippen LogP contribution in [0.1, 0.15) is 26.2 Å². The first-order chi connectivity index (χ1) is 8.47. The van der Waals surface area contributed by atoms with Crippen LogP contribution in [0, 0.1) is 0 Å². The van der Waals surface area contributed by atoms with Crippen molar-refractivity contribution in [2.24, 2.45) is 0 Å². The fourth-order valence-corrected chi connectivity index (χ4v) is 3.86. The van der Waals surface area contributed by atoms with Crippen LogP contribution >= 0.6 is 0 Å². The Morgan fingerprint density at radius 3 is 2.39 bits per heavy atom. The number of nitrogens with one attached hydrogen (secondary N) is 1. The van der Waals surface area contributed by atoms with E-state index in [1.54, 1.807) is 4.31 Å². The summed E-state index contributed by atoms with van der Waals surface area (Å²) in [5, 5.41) is 3.16. The predicted octanol–water partition coefficient (Wildman–Crippen LogP) is 0.342. The van der Waals surface area contributed by atoms with Crippen molar-refractivity contribution < 1.29 is 8.42 Å². The largest absolute Gasteiger partial charge is 0.317 e. The molecule has 0 atom stereocenters. The summed E-state index contributed by atoms with van der Waals surface area (Å²) in [5.41, 5.74) is 0. The summed E-state index contributed by atoms with van der Waals surface area (Å²) in [7, 11) is 1.08. The Labute approximate surface area is 112 Å². The molecule has 18 heavy (non-hydrogen) atoms. The Bertz CT molecular complexity index is 322. The van der Waals surface area contributed by atoms with Crippen LogP contribution < -0.4 is 5.32 Å². The molecule has 1 fully saturated rings. The van der Waals surface area contributed by atoms with E-state index in [-0.39, 0.29) is 5.75 Å². The second-order valence-electron chi connectivity index (χ2n) is 5.12. The van der Waals surface area contributed by atoms with E-state index >= 15 is 0 Å². The van der Waals surface area contributed by atoms with Gasteiger partial charge in [0.25, 0.3) is 0 Å². The smallest absolute Gasteiger partial charge is 0.214 e. The molecule has 1 aliphatic heterocycles. The summed E-state index contributed by atoms with van der Waals surface area (Å²) in [6.45, 7) is 5.05. The number of hydrogen-bond acceptors (Lipinski definition) is 4. The number of sulfonamides is 1. The van der Waals surface area contributed by atoms with Gasteiger partial charge in [-0.25, -0.2) is 12.7 Å². The quantitative estimate of drug-likeness (QED) is 0.682. The van der Waals surface area contributed by atoms with Crippen LogP contribution in [-0.2, 0) is 10.0 Å². The molecule has 0 aliphatic carbocycles. The maximum Gasteiger partial charge on any atom is 0.214 e. The summed E-state index contributed by atoms with van der Waals surface area (Å²) in [6.07, 6.45) is 2.59. The zero-order valence-corrected chi connectivity index (χ0v) is 12.7. The van der Waals surface area contributed by atoms with E-state index in [1.807, 2.05) is 6.92 Å². The molecule has 0 aromatic rings. The second kappa shape index (κ2) is 7.43. The van der Waals surface area contributed by atoms with E-state index < -0.39 is 10.0 Å². The lowest BCUT2D eigenvalue weighted by Gasteiger charge is -2.34. The maximum absolute atomic E-state index is 12.1. The van der Waals surface area contributed by atoms with Crippen LogP contribution in [0.2, 0.25) is 0 Å². The lowest BCUT2D eigenvalue weighted by Crippen LogP contribution is -2.45. The van der Waals surface area contributed by atoms with Gasteiger partial charge in [0.15, 0.2) is 0 Å². The second-order valence-corrected chi connectivity index (χ2v) is 7.21. The molecule has 5 nitrogen and oxygen atoms in total. The van der Waals surface area contributed by atoms with Crippen LogP contribution in [-0.4, -0.2) is 69.7 Å². The zero-order valence-electron chi connectivity index (χ0n) is 11.9. The average Bonchev–Trinajstić information content (AvgIpc) is 2.35. The summed E-state index contributed by atoms with van der Waals surface area (Å²) < 4.78 is 25.9. The fourth-order valence-electron chi connectivity index (χ4n) is 2.32. The first-order valence-electron chi connectivity index (χ1n) is 6.82. The molecule has 1 N–H and O–H groups in total. The molecule has 6 heteroatoms. The predicted molar refractivity (Wildman–Crippen MR) is 75.2 cm³/mol. The van der Waals surface area contributed by atoms with Crippen LogP contribution in [0.4, 0.5) is 0 Å². The molecule has 1 aliphatic rings. The molecule has 0 amide bonds. The van der Waals surface area contributed by atoms with Gasteiger partial charge >= 0.3 is 0 Å². The molecule has 1 heterocycles. The number of piperidine rings is 1. The third-order valence-corrected chi connectivity index (χ3v) is 5.51. The highest BCUT2D eigenvalue weighted by atomic mass is 32.2. The molecule has 1 rings (SSSR count). The van der Waals surface area contributed by atoms with E-state index in [4.69, 9.17) is 0 Å². The highest BCUT2D eigenvalue weighted by molar-refractivity contribution is 7.89. The van der Waals surface area contributed by atoms with Crippen molar-refractivity contribution in [3.63, 3.8) is 0 Å². The minimum atomic E-state index is -3.04. The Hall–Kier alpha value is -0.170. The van der Waals surface area contributed by atoms with Gasteiger partial charge in [-0.3, -0.25) is 0 Å². The van der Waals surface area contributed by atoms with Crippen molar-refractivity contribution in [1.82, 2.24) is 14.5 Å². The summed E-state index contributed by atoms with van der Waals surface area (Å²) in [5.74, 6) is 0.270. The summed E-state index contributed by atoms with van der Waals surface area (Å²) >= 11 is 0. The molecular weight excluding hydrogens is 250 g/mol. The standard InChI is InChI=1S/C12H27N3O2S/c1-4-13-8-5-11-18(16,17)15-9-6-12(7-10-15)14(2)3/h12-13H,4-11H2,1-3H3. The molecule has 0 aromatic carbocycles. The maximum atomic E-state index is 12.1. The number of hydrogen-bond donors (Lipinski definition) is 1. The first-order valence-corrected chi connectivity index (χ1v) is 8.43. The monoisotopic (exact) mass is 277 g/mol. The molecule has 0 unspecified atom stereocenters. The van der Waals surface area contributed by atoms with Gasteiger partial charge in [0.1, 0.15) is 0 Å². The molecular formula is C12H27N3O2S. The van der Waals surface area contributed by atoms with Gasteiger partial charge in [0, 0.05) is 19.1 Å². The van der Waals surface area contributed by atoms with Gasteiger partial charge in [0.05, 0.1) is 5.75 Å². The highest BCUT2D eigenvalue weighted by Gasteiger charge is 2.28. The van der Waals surface area contributed by atoms with Crippen molar-refractivity contribution in [1.29, 1.82) is 0 Å². The van der Waals surface area contributed by atoms with Crippen molar-refractivity contribution in [3.8, 4) is 0 Å². The van der Waals surface area contributed by atoms with Gasteiger partial charge < -0.3 is 10.2 Å². The summed E-state index contributed by atoms with van der Waals surface area (Å²) in [6, 6.07) is 0.526. The van der Waals surface area contributed by atoms with E-state index in [9.17, 15) is 8.42 Å². The summed E-state index contributed by atoms with van der Waals surface area (Å²) in [4.78, 5) is 2.19. The normalized spacial score (nSPS) is 19.6. The molecule has 0 saturated carbocycles. The van der Waals surface area contributed by atoms with Gasteiger partial charge in [-0.1, -0.05) is 6.92 Å². The number of rotatable bonds is 7.